The van der Waals surface area contributed by atoms with Gasteiger partial charge in [0.05, 0.1) is 47.9 Å². The highest BCUT2D eigenvalue weighted by Crippen LogP contribution is 2.42. The molecule has 0 spiro atoms. The highest BCUT2D eigenvalue weighted by Gasteiger charge is 2.18. The molecule has 4 aromatic rings. The summed E-state index contributed by atoms with van der Waals surface area (Å²) in [5.41, 5.74) is 6.08. The standard InChI is InChI=1S/C32H36Cl2N4O4/c1-19(39)15-35-17-21-11-13-27(37-31(21)41-3)25-9-5-7-23(29(25)33)24-8-6-10-26(30(24)34)28-14-12-22(32(38-28)42-4)18-36-16-20(2)40/h5-14,19-20,35-36,39-40H,15-18H2,1-4H3/t19-,20-/m1/s1. The molecular weight excluding hydrogens is 575 g/mol. The molecule has 4 N–H and O–H groups in total. The van der Waals surface area contributed by atoms with Gasteiger partial charge in [-0.25, -0.2) is 9.97 Å². The lowest BCUT2D eigenvalue weighted by Gasteiger charge is -2.16. The Morgan fingerprint density at radius 1 is 0.643 bits per heavy atom. The Morgan fingerprint density at radius 3 is 1.38 bits per heavy atom. The molecule has 2 aromatic heterocycles. The van der Waals surface area contributed by atoms with E-state index in [4.69, 9.17) is 42.6 Å². The van der Waals surface area contributed by atoms with Gasteiger partial charge in [-0.3, -0.25) is 0 Å². The first-order chi connectivity index (χ1) is 20.2. The summed E-state index contributed by atoms with van der Waals surface area (Å²) in [6.07, 6.45) is -0.896. The molecule has 2 heterocycles. The third-order valence-corrected chi connectivity index (χ3v) is 7.43. The smallest absolute Gasteiger partial charge is 0.218 e. The first-order valence-corrected chi connectivity index (χ1v) is 14.4. The lowest BCUT2D eigenvalue weighted by Crippen LogP contribution is -2.24. The molecule has 0 saturated carbocycles. The number of benzene rings is 2. The highest BCUT2D eigenvalue weighted by molar-refractivity contribution is 6.39. The summed E-state index contributed by atoms with van der Waals surface area (Å²) >= 11 is 14.0. The fourth-order valence-corrected chi connectivity index (χ4v) is 5.22. The van der Waals surface area contributed by atoms with Gasteiger partial charge in [-0.15, -0.1) is 0 Å². The number of nitrogens with one attached hydrogen (secondary N) is 2. The van der Waals surface area contributed by atoms with Gasteiger partial charge in [-0.05, 0) is 26.0 Å². The largest absolute Gasteiger partial charge is 0.481 e. The third kappa shape index (κ3) is 7.58. The van der Waals surface area contributed by atoms with Crippen molar-refractivity contribution in [2.45, 2.75) is 39.1 Å². The zero-order valence-corrected chi connectivity index (χ0v) is 25.6. The summed E-state index contributed by atoms with van der Waals surface area (Å²) < 4.78 is 11.1. The van der Waals surface area contributed by atoms with Crippen molar-refractivity contribution >= 4 is 23.2 Å². The fraction of sp³-hybridized carbons (Fsp3) is 0.312. The minimum absolute atomic E-state index is 0.448. The average molecular weight is 612 g/mol. The van der Waals surface area contributed by atoms with E-state index in [0.717, 1.165) is 33.4 Å². The van der Waals surface area contributed by atoms with Gasteiger partial charge < -0.3 is 30.3 Å². The molecule has 0 aliphatic heterocycles. The Labute approximate surface area is 256 Å². The van der Waals surface area contributed by atoms with Crippen LogP contribution in [0.4, 0.5) is 0 Å². The highest BCUT2D eigenvalue weighted by atomic mass is 35.5. The first-order valence-electron chi connectivity index (χ1n) is 13.7. The van der Waals surface area contributed by atoms with Gasteiger partial charge in [-0.1, -0.05) is 71.7 Å². The van der Waals surface area contributed by atoms with E-state index in [1.54, 1.807) is 28.1 Å². The number of hydrogen-bond donors (Lipinski definition) is 4. The molecule has 222 valence electrons. The minimum atomic E-state index is -0.448. The number of pyridine rings is 2. The van der Waals surface area contributed by atoms with Gasteiger partial charge in [0.1, 0.15) is 0 Å². The van der Waals surface area contributed by atoms with Crippen LogP contribution in [-0.2, 0) is 13.1 Å². The second-order valence-electron chi connectivity index (χ2n) is 10.0. The van der Waals surface area contributed by atoms with Crippen LogP contribution >= 0.6 is 23.2 Å². The molecule has 42 heavy (non-hydrogen) atoms. The molecule has 2 aromatic carbocycles. The second-order valence-corrected chi connectivity index (χ2v) is 10.8. The van der Waals surface area contributed by atoms with E-state index >= 15 is 0 Å². The first kappa shape index (κ1) is 31.7. The summed E-state index contributed by atoms with van der Waals surface area (Å²) in [7, 11) is 3.16. The van der Waals surface area contributed by atoms with Crippen molar-refractivity contribution in [1.82, 2.24) is 20.6 Å². The molecule has 10 heteroatoms. The van der Waals surface area contributed by atoms with Crippen LogP contribution in [0.5, 0.6) is 11.8 Å². The van der Waals surface area contributed by atoms with E-state index in [2.05, 4.69) is 10.6 Å². The van der Waals surface area contributed by atoms with Crippen molar-refractivity contribution in [2.24, 2.45) is 0 Å². The van der Waals surface area contributed by atoms with Crippen LogP contribution in [0.25, 0.3) is 33.6 Å². The van der Waals surface area contributed by atoms with Gasteiger partial charge in [0.15, 0.2) is 0 Å². The van der Waals surface area contributed by atoms with Gasteiger partial charge in [-0.2, -0.15) is 0 Å². The predicted octanol–water partition coefficient (Wildman–Crippen LogP) is 5.74. The summed E-state index contributed by atoms with van der Waals surface area (Å²) in [5, 5.41) is 26.5. The van der Waals surface area contributed by atoms with Crippen LogP contribution in [0.15, 0.2) is 60.7 Å². The zero-order chi connectivity index (χ0) is 30.2. The van der Waals surface area contributed by atoms with Crippen LogP contribution in [-0.4, -0.2) is 59.7 Å². The lowest BCUT2D eigenvalue weighted by molar-refractivity contribution is 0.190. The van der Waals surface area contributed by atoms with Gasteiger partial charge in [0.25, 0.3) is 0 Å². The number of aliphatic hydroxyl groups excluding tert-OH is 2. The van der Waals surface area contributed by atoms with E-state index in [0.29, 0.717) is 59.4 Å². The van der Waals surface area contributed by atoms with Crippen LogP contribution < -0.4 is 20.1 Å². The fourth-order valence-electron chi connectivity index (χ4n) is 4.57. The summed E-state index contributed by atoms with van der Waals surface area (Å²) in [5.74, 6) is 0.966. The number of aliphatic hydroxyl groups is 2. The van der Waals surface area contributed by atoms with E-state index in [1.807, 2.05) is 60.7 Å². The maximum Gasteiger partial charge on any atom is 0.218 e. The number of nitrogens with zero attached hydrogens (tertiary/aromatic N) is 2. The van der Waals surface area contributed by atoms with Gasteiger partial charge >= 0.3 is 0 Å². The van der Waals surface area contributed by atoms with Crippen LogP contribution in [0, 0.1) is 0 Å². The van der Waals surface area contributed by atoms with Crippen molar-refractivity contribution in [3.63, 3.8) is 0 Å². The summed E-state index contributed by atoms with van der Waals surface area (Å²) in [4.78, 5) is 9.43. The average Bonchev–Trinajstić information content (AvgIpc) is 2.97. The normalized spacial score (nSPS) is 12.7. The topological polar surface area (TPSA) is 109 Å². The molecule has 0 bridgehead atoms. The Balaban J connectivity index is 1.66. The third-order valence-electron chi connectivity index (χ3n) is 6.61. The lowest BCUT2D eigenvalue weighted by atomic mass is 9.98. The number of methoxy groups -OCH3 is 2. The Kier molecular flexibility index (Phi) is 11.2. The van der Waals surface area contributed by atoms with Crippen LogP contribution in [0.1, 0.15) is 25.0 Å². The molecule has 2 atom stereocenters. The molecule has 4 rings (SSSR count). The van der Waals surface area contributed by atoms with Crippen LogP contribution in [0.2, 0.25) is 10.0 Å². The number of rotatable bonds is 13. The summed E-state index contributed by atoms with van der Waals surface area (Å²) in [6, 6.07) is 19.2. The quantitative estimate of drug-likeness (QED) is 0.152. The molecular formula is C32H36Cl2N4O4. The van der Waals surface area contributed by atoms with E-state index in [-0.39, 0.29) is 0 Å². The summed E-state index contributed by atoms with van der Waals surface area (Å²) in [6.45, 7) is 5.40. The number of halogens is 2. The number of aromatic nitrogens is 2. The SMILES string of the molecule is COc1nc(-c2cccc(-c3cccc(-c4ccc(CNC[C@@H](C)O)c(OC)n4)c3Cl)c2Cl)ccc1CNC[C@@H](C)O. The molecule has 0 radical (unpaired) electrons. The van der Waals surface area contributed by atoms with Crippen molar-refractivity contribution in [3.8, 4) is 45.4 Å². The zero-order valence-electron chi connectivity index (χ0n) is 24.1. The maximum atomic E-state index is 9.53. The Morgan fingerprint density at radius 2 is 1.02 bits per heavy atom. The monoisotopic (exact) mass is 610 g/mol. The van der Waals surface area contributed by atoms with Crippen molar-refractivity contribution in [1.29, 1.82) is 0 Å². The molecule has 0 fully saturated rings. The molecule has 0 saturated heterocycles. The number of ether oxygens (including phenoxy) is 2. The minimum Gasteiger partial charge on any atom is -0.481 e. The van der Waals surface area contributed by atoms with Crippen molar-refractivity contribution < 1.29 is 19.7 Å². The van der Waals surface area contributed by atoms with E-state index < -0.39 is 12.2 Å². The van der Waals surface area contributed by atoms with E-state index in [1.165, 1.54) is 0 Å². The predicted molar refractivity (Wildman–Crippen MR) is 168 cm³/mol. The van der Waals surface area contributed by atoms with Gasteiger partial charge in [0, 0.05) is 59.6 Å². The van der Waals surface area contributed by atoms with E-state index in [9.17, 15) is 10.2 Å². The molecule has 0 aliphatic carbocycles. The van der Waals surface area contributed by atoms with Crippen LogP contribution in [0.3, 0.4) is 0 Å². The Bertz CT molecular complexity index is 1400. The Hall–Kier alpha value is -3.24. The molecule has 0 amide bonds. The van der Waals surface area contributed by atoms with Crippen molar-refractivity contribution in [2.75, 3.05) is 27.3 Å². The second kappa shape index (κ2) is 14.8. The maximum absolute atomic E-state index is 9.53. The van der Waals surface area contributed by atoms with Gasteiger partial charge in [0.2, 0.25) is 11.8 Å². The molecule has 8 nitrogen and oxygen atoms in total. The van der Waals surface area contributed by atoms with Crippen molar-refractivity contribution in [3.05, 3.63) is 81.8 Å². The molecule has 0 aliphatic rings. The molecule has 0 unspecified atom stereocenters. The number of hydrogen-bond acceptors (Lipinski definition) is 8.